The fourth-order valence-electron chi connectivity index (χ4n) is 1.72. The van der Waals surface area contributed by atoms with Crippen molar-refractivity contribution in [3.8, 4) is 11.5 Å². The molecule has 0 saturated carbocycles. The molecule has 0 aliphatic carbocycles. The zero-order valence-electron chi connectivity index (χ0n) is 9.97. The number of halogens is 1. The number of alkyl halides is 1. The van der Waals surface area contributed by atoms with Crippen LogP contribution in [-0.2, 0) is 6.42 Å². The SMILES string of the molecule is COc1ccc(CCNCCl)c(OC)c1C. The second kappa shape index (κ2) is 6.61. The van der Waals surface area contributed by atoms with Crippen molar-refractivity contribution >= 4 is 11.6 Å². The highest BCUT2D eigenvalue weighted by Gasteiger charge is 2.10. The van der Waals surface area contributed by atoms with Gasteiger partial charge in [0.25, 0.3) is 0 Å². The van der Waals surface area contributed by atoms with Gasteiger partial charge in [-0.05, 0) is 25.0 Å². The van der Waals surface area contributed by atoms with Crippen LogP contribution in [0.2, 0.25) is 0 Å². The first-order chi connectivity index (χ1) is 7.74. The summed E-state index contributed by atoms with van der Waals surface area (Å²) in [7, 11) is 3.34. The first-order valence-electron chi connectivity index (χ1n) is 5.21. The minimum Gasteiger partial charge on any atom is -0.496 e. The third-order valence-corrected chi connectivity index (χ3v) is 2.72. The van der Waals surface area contributed by atoms with Crippen molar-refractivity contribution in [3.05, 3.63) is 23.3 Å². The molecule has 0 spiro atoms. The number of rotatable bonds is 6. The number of nitrogens with one attached hydrogen (secondary N) is 1. The lowest BCUT2D eigenvalue weighted by atomic mass is 10.1. The summed E-state index contributed by atoms with van der Waals surface area (Å²) < 4.78 is 10.7. The Hall–Kier alpha value is -0.930. The van der Waals surface area contributed by atoms with Gasteiger partial charge in [0.1, 0.15) is 11.5 Å². The van der Waals surface area contributed by atoms with E-state index in [1.54, 1.807) is 14.2 Å². The number of hydrogen-bond donors (Lipinski definition) is 1. The second-order valence-corrected chi connectivity index (χ2v) is 3.74. The van der Waals surface area contributed by atoms with Crippen molar-refractivity contribution in [2.24, 2.45) is 0 Å². The van der Waals surface area contributed by atoms with Crippen molar-refractivity contribution in [1.29, 1.82) is 0 Å². The molecule has 0 radical (unpaired) electrons. The maximum Gasteiger partial charge on any atom is 0.128 e. The standard InChI is InChI=1S/C12H18ClNO2/c1-9-11(15-2)5-4-10(12(9)16-3)6-7-14-8-13/h4-5,14H,6-8H2,1-3H3. The molecule has 0 unspecified atom stereocenters. The van der Waals surface area contributed by atoms with Gasteiger partial charge in [-0.25, -0.2) is 0 Å². The molecule has 0 bridgehead atoms. The van der Waals surface area contributed by atoms with Gasteiger partial charge >= 0.3 is 0 Å². The van der Waals surface area contributed by atoms with Crippen LogP contribution in [0.4, 0.5) is 0 Å². The monoisotopic (exact) mass is 243 g/mol. The Kier molecular flexibility index (Phi) is 5.43. The Morgan fingerprint density at radius 2 is 2.00 bits per heavy atom. The average Bonchev–Trinajstić information content (AvgIpc) is 2.30. The zero-order chi connectivity index (χ0) is 12.0. The van der Waals surface area contributed by atoms with Crippen molar-refractivity contribution in [1.82, 2.24) is 5.32 Å². The molecule has 3 nitrogen and oxygen atoms in total. The van der Waals surface area contributed by atoms with E-state index >= 15 is 0 Å². The van der Waals surface area contributed by atoms with Crippen LogP contribution < -0.4 is 14.8 Å². The second-order valence-electron chi connectivity index (χ2n) is 3.47. The molecule has 0 amide bonds. The molecule has 90 valence electrons. The van der Waals surface area contributed by atoms with Crippen LogP contribution in [-0.4, -0.2) is 26.8 Å². The van der Waals surface area contributed by atoms with E-state index in [1.807, 2.05) is 19.1 Å². The van der Waals surface area contributed by atoms with Crippen molar-refractivity contribution in [2.75, 3.05) is 26.8 Å². The lowest BCUT2D eigenvalue weighted by molar-refractivity contribution is 0.385. The number of hydrogen-bond acceptors (Lipinski definition) is 3. The molecule has 0 heterocycles. The molecule has 16 heavy (non-hydrogen) atoms. The summed E-state index contributed by atoms with van der Waals surface area (Å²) in [5.74, 6) is 1.75. The molecule has 0 saturated heterocycles. The summed E-state index contributed by atoms with van der Waals surface area (Å²) in [6.45, 7) is 2.84. The Morgan fingerprint density at radius 3 is 2.56 bits per heavy atom. The summed E-state index contributed by atoms with van der Waals surface area (Å²) in [4.78, 5) is 0. The van der Waals surface area contributed by atoms with Crippen LogP contribution >= 0.6 is 11.6 Å². The summed E-state index contributed by atoms with van der Waals surface area (Å²) in [5.41, 5.74) is 2.20. The van der Waals surface area contributed by atoms with Crippen LogP contribution in [0.25, 0.3) is 0 Å². The maximum absolute atomic E-state index is 5.56. The van der Waals surface area contributed by atoms with Crippen LogP contribution in [0.5, 0.6) is 11.5 Å². The molecule has 4 heteroatoms. The predicted octanol–water partition coefficient (Wildman–Crippen LogP) is 2.34. The Balaban J connectivity index is 2.88. The predicted molar refractivity (Wildman–Crippen MR) is 66.7 cm³/mol. The molecule has 0 aliphatic rings. The Morgan fingerprint density at radius 1 is 1.25 bits per heavy atom. The molecular weight excluding hydrogens is 226 g/mol. The van der Waals surface area contributed by atoms with Crippen molar-refractivity contribution in [3.63, 3.8) is 0 Å². The van der Waals surface area contributed by atoms with E-state index in [1.165, 1.54) is 5.56 Å². The van der Waals surface area contributed by atoms with E-state index in [4.69, 9.17) is 21.1 Å². The van der Waals surface area contributed by atoms with Crippen LogP contribution in [0.15, 0.2) is 12.1 Å². The molecule has 1 N–H and O–H groups in total. The van der Waals surface area contributed by atoms with Crippen LogP contribution in [0.3, 0.4) is 0 Å². The highest BCUT2D eigenvalue weighted by Crippen LogP contribution is 2.31. The molecule has 0 atom stereocenters. The Labute approximate surface area is 102 Å². The normalized spacial score (nSPS) is 10.2. The fraction of sp³-hybridized carbons (Fsp3) is 0.500. The van der Waals surface area contributed by atoms with Gasteiger partial charge in [-0.2, -0.15) is 0 Å². The van der Waals surface area contributed by atoms with Gasteiger partial charge in [0, 0.05) is 12.1 Å². The van der Waals surface area contributed by atoms with Gasteiger partial charge in [-0.15, -0.1) is 11.6 Å². The highest BCUT2D eigenvalue weighted by molar-refractivity contribution is 6.17. The van der Waals surface area contributed by atoms with Crippen LogP contribution in [0.1, 0.15) is 11.1 Å². The fourth-order valence-corrected chi connectivity index (χ4v) is 1.86. The smallest absolute Gasteiger partial charge is 0.128 e. The summed E-state index contributed by atoms with van der Waals surface area (Å²) >= 11 is 5.56. The molecule has 1 aromatic carbocycles. The minimum absolute atomic E-state index is 0.470. The number of ether oxygens (including phenoxy) is 2. The van der Waals surface area contributed by atoms with E-state index in [0.717, 1.165) is 30.0 Å². The van der Waals surface area contributed by atoms with E-state index < -0.39 is 0 Å². The number of methoxy groups -OCH3 is 2. The van der Waals surface area contributed by atoms with Gasteiger partial charge in [-0.1, -0.05) is 6.07 Å². The summed E-state index contributed by atoms with van der Waals surface area (Å²) in [6, 6.07) is 4.46. The van der Waals surface area contributed by atoms with E-state index in [9.17, 15) is 0 Å². The zero-order valence-corrected chi connectivity index (χ0v) is 10.7. The molecule has 0 aromatic heterocycles. The lowest BCUT2D eigenvalue weighted by Crippen LogP contribution is -2.15. The average molecular weight is 244 g/mol. The number of benzene rings is 1. The topological polar surface area (TPSA) is 30.5 Å². The van der Waals surface area contributed by atoms with Gasteiger partial charge in [0.2, 0.25) is 0 Å². The first-order valence-corrected chi connectivity index (χ1v) is 5.75. The molecule has 1 aromatic rings. The third-order valence-electron chi connectivity index (χ3n) is 2.53. The van der Waals surface area contributed by atoms with Crippen molar-refractivity contribution in [2.45, 2.75) is 13.3 Å². The van der Waals surface area contributed by atoms with Gasteiger partial charge in [0.05, 0.1) is 20.2 Å². The highest BCUT2D eigenvalue weighted by atomic mass is 35.5. The first kappa shape index (κ1) is 13.1. The van der Waals surface area contributed by atoms with E-state index in [0.29, 0.717) is 6.00 Å². The lowest BCUT2D eigenvalue weighted by Gasteiger charge is -2.14. The molecular formula is C12H18ClNO2. The largest absolute Gasteiger partial charge is 0.496 e. The van der Waals surface area contributed by atoms with E-state index in [-0.39, 0.29) is 0 Å². The van der Waals surface area contributed by atoms with Crippen molar-refractivity contribution < 1.29 is 9.47 Å². The molecule has 0 fully saturated rings. The minimum atomic E-state index is 0.470. The molecule has 1 rings (SSSR count). The quantitative estimate of drug-likeness (QED) is 0.473. The molecule has 0 aliphatic heterocycles. The van der Waals surface area contributed by atoms with Gasteiger partial charge in [0.15, 0.2) is 0 Å². The summed E-state index contributed by atoms with van der Waals surface area (Å²) in [6.07, 6.45) is 0.890. The van der Waals surface area contributed by atoms with E-state index in [2.05, 4.69) is 5.32 Å². The summed E-state index contributed by atoms with van der Waals surface area (Å²) in [5, 5.41) is 3.07. The van der Waals surface area contributed by atoms with Gasteiger partial charge < -0.3 is 14.8 Å². The third kappa shape index (κ3) is 3.03. The van der Waals surface area contributed by atoms with Gasteiger partial charge in [-0.3, -0.25) is 0 Å². The van der Waals surface area contributed by atoms with Crippen LogP contribution in [0, 0.1) is 6.92 Å². The maximum atomic E-state index is 5.56. The Bertz CT molecular complexity index is 342.